The van der Waals surface area contributed by atoms with Crippen molar-refractivity contribution in [2.24, 2.45) is 0 Å². The number of aliphatic carboxylic acids is 1. The van der Waals surface area contributed by atoms with Gasteiger partial charge in [-0.3, -0.25) is 9.59 Å². The number of thioether (sulfide) groups is 2. The Balaban J connectivity index is 2.33. The second kappa shape index (κ2) is 7.51. The van der Waals surface area contributed by atoms with Crippen LogP contribution < -0.4 is 0 Å². The molecule has 3 nitrogen and oxygen atoms in total. The Hall–Kier alpha value is -1.72. The molecule has 0 aliphatic carbocycles. The van der Waals surface area contributed by atoms with Gasteiger partial charge in [-0.2, -0.15) is 0 Å². The van der Waals surface area contributed by atoms with Crippen LogP contribution in [0.3, 0.4) is 0 Å². The van der Waals surface area contributed by atoms with Crippen LogP contribution in [0.4, 0.5) is 0 Å². The lowest BCUT2D eigenvalue weighted by Crippen LogP contribution is -2.09. The lowest BCUT2D eigenvalue weighted by Gasteiger charge is -2.12. The summed E-state index contributed by atoms with van der Waals surface area (Å²) < 4.78 is 0. The summed E-state index contributed by atoms with van der Waals surface area (Å²) in [4.78, 5) is 23.7. The van der Waals surface area contributed by atoms with Gasteiger partial charge in [0.25, 0.3) is 0 Å². The fourth-order valence-corrected chi connectivity index (χ4v) is 3.49. The van der Waals surface area contributed by atoms with E-state index in [1.165, 1.54) is 11.8 Å². The second-order valence-corrected chi connectivity index (χ2v) is 6.78. The van der Waals surface area contributed by atoms with Crippen molar-refractivity contribution in [3.8, 4) is 11.1 Å². The molecule has 0 spiro atoms. The monoisotopic (exact) mass is 332 g/mol. The molecular formula is C17H16O3S2. The number of rotatable bonds is 5. The van der Waals surface area contributed by atoms with Crippen LogP contribution in [0.2, 0.25) is 0 Å². The average Bonchev–Trinajstić information content (AvgIpc) is 2.52. The van der Waals surface area contributed by atoms with Gasteiger partial charge in [-0.05, 0) is 29.0 Å². The van der Waals surface area contributed by atoms with E-state index in [4.69, 9.17) is 0 Å². The lowest BCUT2D eigenvalue weighted by molar-refractivity contribution is -0.136. The molecule has 0 amide bonds. The molecule has 0 aliphatic heterocycles. The highest BCUT2D eigenvalue weighted by Crippen LogP contribution is 2.33. The third kappa shape index (κ3) is 3.93. The number of carbonyl (C=O) groups is 2. The average molecular weight is 332 g/mol. The van der Waals surface area contributed by atoms with Crippen molar-refractivity contribution in [3.63, 3.8) is 0 Å². The van der Waals surface area contributed by atoms with Crippen molar-refractivity contribution in [1.29, 1.82) is 0 Å². The van der Waals surface area contributed by atoms with Crippen molar-refractivity contribution in [3.05, 3.63) is 54.1 Å². The SMILES string of the molecule is CSc1ccccc1-c1ccc(C(SC(C)=O)C(=O)O)cc1. The first-order chi connectivity index (χ1) is 10.5. The Morgan fingerprint density at radius 2 is 1.68 bits per heavy atom. The van der Waals surface area contributed by atoms with Crippen molar-refractivity contribution in [2.45, 2.75) is 17.1 Å². The maximum absolute atomic E-state index is 11.3. The Morgan fingerprint density at radius 3 is 2.23 bits per heavy atom. The Morgan fingerprint density at radius 1 is 1.05 bits per heavy atom. The highest BCUT2D eigenvalue weighted by Gasteiger charge is 2.22. The summed E-state index contributed by atoms with van der Waals surface area (Å²) in [5.41, 5.74) is 2.77. The Kier molecular flexibility index (Phi) is 5.69. The minimum absolute atomic E-state index is 0.204. The maximum Gasteiger partial charge on any atom is 0.321 e. The molecule has 0 aromatic heterocycles. The zero-order valence-corrected chi connectivity index (χ0v) is 13.9. The molecule has 0 saturated heterocycles. The molecule has 1 atom stereocenters. The summed E-state index contributed by atoms with van der Waals surface area (Å²) in [5, 5.41) is 8.20. The van der Waals surface area contributed by atoms with Gasteiger partial charge < -0.3 is 5.11 Å². The molecule has 5 heteroatoms. The van der Waals surface area contributed by atoms with E-state index in [0.717, 1.165) is 22.9 Å². The molecule has 2 aromatic carbocycles. The molecule has 2 rings (SSSR count). The fraction of sp³-hybridized carbons (Fsp3) is 0.176. The minimum Gasteiger partial charge on any atom is -0.480 e. The van der Waals surface area contributed by atoms with E-state index in [0.29, 0.717) is 5.56 Å². The van der Waals surface area contributed by atoms with Gasteiger partial charge in [0.15, 0.2) is 5.12 Å². The summed E-state index contributed by atoms with van der Waals surface area (Å²) >= 11 is 2.50. The molecule has 22 heavy (non-hydrogen) atoms. The molecule has 0 bridgehead atoms. The van der Waals surface area contributed by atoms with Gasteiger partial charge in [0.1, 0.15) is 5.25 Å². The molecule has 114 valence electrons. The first-order valence-corrected chi connectivity index (χ1v) is 8.76. The number of hydrogen-bond acceptors (Lipinski definition) is 4. The van der Waals surface area contributed by atoms with E-state index in [9.17, 15) is 14.7 Å². The van der Waals surface area contributed by atoms with E-state index in [-0.39, 0.29) is 5.12 Å². The second-order valence-electron chi connectivity index (χ2n) is 4.65. The van der Waals surface area contributed by atoms with Gasteiger partial charge in [0, 0.05) is 11.8 Å². The summed E-state index contributed by atoms with van der Waals surface area (Å²) in [6.07, 6.45) is 2.02. The third-order valence-electron chi connectivity index (χ3n) is 3.14. The number of carbonyl (C=O) groups excluding carboxylic acids is 1. The quantitative estimate of drug-likeness (QED) is 0.818. The van der Waals surface area contributed by atoms with Gasteiger partial charge >= 0.3 is 5.97 Å². The van der Waals surface area contributed by atoms with Gasteiger partial charge in [-0.25, -0.2) is 0 Å². The first-order valence-electron chi connectivity index (χ1n) is 6.66. The van der Waals surface area contributed by atoms with Crippen molar-refractivity contribution < 1.29 is 14.7 Å². The predicted octanol–water partition coefficient (Wildman–Crippen LogP) is 4.48. The number of benzene rings is 2. The molecule has 0 heterocycles. The van der Waals surface area contributed by atoms with E-state index >= 15 is 0 Å². The van der Waals surface area contributed by atoms with E-state index in [1.54, 1.807) is 23.9 Å². The van der Waals surface area contributed by atoms with Crippen LogP contribution in [0.5, 0.6) is 0 Å². The number of hydrogen-bond donors (Lipinski definition) is 1. The normalized spacial score (nSPS) is 11.9. The third-order valence-corrected chi connectivity index (χ3v) is 4.98. The Labute approximate surface area is 138 Å². The van der Waals surface area contributed by atoms with Crippen LogP contribution in [0.1, 0.15) is 17.7 Å². The largest absolute Gasteiger partial charge is 0.480 e. The molecule has 0 aliphatic rings. The van der Waals surface area contributed by atoms with E-state index in [1.807, 2.05) is 36.6 Å². The van der Waals surface area contributed by atoms with Gasteiger partial charge in [-0.15, -0.1) is 11.8 Å². The predicted molar refractivity (Wildman–Crippen MR) is 92.3 cm³/mol. The topological polar surface area (TPSA) is 54.4 Å². The highest BCUT2D eigenvalue weighted by atomic mass is 32.2. The van der Waals surface area contributed by atoms with Crippen LogP contribution in [0.25, 0.3) is 11.1 Å². The fourth-order valence-electron chi connectivity index (χ4n) is 2.15. The van der Waals surface area contributed by atoms with Gasteiger partial charge in [0.2, 0.25) is 0 Å². The van der Waals surface area contributed by atoms with Crippen molar-refractivity contribution in [1.82, 2.24) is 0 Å². The smallest absolute Gasteiger partial charge is 0.321 e. The van der Waals surface area contributed by atoms with Crippen LogP contribution in [-0.4, -0.2) is 22.4 Å². The molecule has 0 saturated carbocycles. The standard InChI is InChI=1S/C17H16O3S2/c1-11(18)22-16(17(19)20)13-9-7-12(8-10-13)14-5-3-4-6-15(14)21-2/h3-10,16H,1-2H3,(H,19,20). The highest BCUT2D eigenvalue weighted by molar-refractivity contribution is 8.14. The molecule has 0 fully saturated rings. The minimum atomic E-state index is -1.00. The van der Waals surface area contributed by atoms with Gasteiger partial charge in [0.05, 0.1) is 0 Å². The molecule has 0 radical (unpaired) electrons. The number of carboxylic acids is 1. The van der Waals surface area contributed by atoms with E-state index in [2.05, 4.69) is 6.07 Å². The summed E-state index contributed by atoms with van der Waals surface area (Å²) in [7, 11) is 0. The molecule has 1 unspecified atom stereocenters. The van der Waals surface area contributed by atoms with Crippen LogP contribution in [-0.2, 0) is 9.59 Å². The first kappa shape index (κ1) is 16.6. The van der Waals surface area contributed by atoms with Crippen LogP contribution >= 0.6 is 23.5 Å². The maximum atomic E-state index is 11.3. The summed E-state index contributed by atoms with van der Waals surface area (Å²) in [5.74, 6) is -1.00. The number of carboxylic acid groups (broad SMARTS) is 1. The zero-order valence-electron chi connectivity index (χ0n) is 12.3. The van der Waals surface area contributed by atoms with Crippen LogP contribution in [0, 0.1) is 0 Å². The van der Waals surface area contributed by atoms with E-state index < -0.39 is 11.2 Å². The van der Waals surface area contributed by atoms with Crippen molar-refractivity contribution in [2.75, 3.05) is 6.26 Å². The van der Waals surface area contributed by atoms with Crippen LogP contribution in [0.15, 0.2) is 53.4 Å². The summed E-state index contributed by atoms with van der Waals surface area (Å²) in [6, 6.07) is 15.4. The molecular weight excluding hydrogens is 316 g/mol. The summed E-state index contributed by atoms with van der Waals surface area (Å²) in [6.45, 7) is 1.38. The Bertz CT molecular complexity index is 681. The zero-order chi connectivity index (χ0) is 16.1. The molecule has 1 N–H and O–H groups in total. The van der Waals surface area contributed by atoms with Crippen molar-refractivity contribution >= 4 is 34.6 Å². The molecule has 2 aromatic rings. The van der Waals surface area contributed by atoms with Gasteiger partial charge in [-0.1, -0.05) is 54.2 Å². The lowest BCUT2D eigenvalue weighted by atomic mass is 10.0.